The number of amides is 1. The van der Waals surface area contributed by atoms with Gasteiger partial charge in [0.1, 0.15) is 0 Å². The Hall–Kier alpha value is -2.42. The van der Waals surface area contributed by atoms with Gasteiger partial charge in [0.05, 0.1) is 6.10 Å². The van der Waals surface area contributed by atoms with E-state index in [1.165, 1.54) is 12.1 Å². The molecular weight excluding hydrogens is 375 g/mol. The number of carbonyl (C=O) groups is 1. The molecular formula is C19H20F3N3O3. The minimum Gasteiger partial charge on any atom is -0.378 e. The Bertz CT molecular complexity index is 859. The van der Waals surface area contributed by atoms with Gasteiger partial charge in [-0.25, -0.2) is 0 Å². The molecule has 2 aromatic rings. The van der Waals surface area contributed by atoms with Crippen molar-refractivity contribution in [3.63, 3.8) is 0 Å². The summed E-state index contributed by atoms with van der Waals surface area (Å²) in [6, 6.07) is 6.18. The fraction of sp³-hybridized carbons (Fsp3) is 0.526. The van der Waals surface area contributed by atoms with Crippen molar-refractivity contribution in [1.82, 2.24) is 15.5 Å². The van der Waals surface area contributed by atoms with Crippen LogP contribution in [0.15, 0.2) is 28.8 Å². The van der Waals surface area contributed by atoms with E-state index in [9.17, 15) is 18.0 Å². The summed E-state index contributed by atoms with van der Waals surface area (Å²) in [6.45, 7) is 2.64. The highest BCUT2D eigenvalue weighted by atomic mass is 19.4. The van der Waals surface area contributed by atoms with Gasteiger partial charge in [-0.2, -0.15) is 18.2 Å². The van der Waals surface area contributed by atoms with E-state index in [4.69, 9.17) is 4.74 Å². The zero-order valence-corrected chi connectivity index (χ0v) is 15.3. The van der Waals surface area contributed by atoms with Crippen LogP contribution >= 0.6 is 0 Å². The summed E-state index contributed by atoms with van der Waals surface area (Å²) >= 11 is 0. The Morgan fingerprint density at radius 3 is 2.57 bits per heavy atom. The molecule has 28 heavy (non-hydrogen) atoms. The van der Waals surface area contributed by atoms with E-state index >= 15 is 0 Å². The van der Waals surface area contributed by atoms with Crippen molar-refractivity contribution < 1.29 is 27.2 Å². The van der Waals surface area contributed by atoms with Gasteiger partial charge >= 0.3 is 12.1 Å². The lowest BCUT2D eigenvalue weighted by molar-refractivity contribution is -0.169. The zero-order valence-electron chi connectivity index (χ0n) is 15.3. The number of hydrogen-bond donors (Lipinski definition) is 1. The first kappa shape index (κ1) is 18.9. The third-order valence-electron chi connectivity index (χ3n) is 5.82. The first-order valence-corrected chi connectivity index (χ1v) is 9.27. The number of benzene rings is 1. The van der Waals surface area contributed by atoms with Crippen LogP contribution in [0.25, 0.3) is 11.4 Å². The molecule has 2 fully saturated rings. The number of alkyl halides is 3. The average Bonchev–Trinajstić information content (AvgIpc) is 3.10. The van der Waals surface area contributed by atoms with Gasteiger partial charge in [-0.1, -0.05) is 23.7 Å². The van der Waals surface area contributed by atoms with E-state index in [2.05, 4.69) is 20.0 Å². The fourth-order valence-electron chi connectivity index (χ4n) is 4.11. The van der Waals surface area contributed by atoms with Gasteiger partial charge in [0.25, 0.3) is 5.91 Å². The van der Waals surface area contributed by atoms with Crippen molar-refractivity contribution in [3.8, 4) is 11.4 Å². The van der Waals surface area contributed by atoms with Gasteiger partial charge in [0.15, 0.2) is 0 Å². The molecule has 0 unspecified atom stereocenters. The van der Waals surface area contributed by atoms with Crippen LogP contribution in [-0.4, -0.2) is 34.8 Å². The van der Waals surface area contributed by atoms with Crippen LogP contribution in [0.1, 0.15) is 48.9 Å². The number of halogens is 3. The second kappa shape index (κ2) is 6.88. The summed E-state index contributed by atoms with van der Waals surface area (Å²) in [5, 5.41) is 6.42. The van der Waals surface area contributed by atoms with Crippen molar-refractivity contribution >= 4 is 5.91 Å². The van der Waals surface area contributed by atoms with Gasteiger partial charge in [0.2, 0.25) is 5.82 Å². The number of rotatable bonds is 5. The summed E-state index contributed by atoms with van der Waals surface area (Å²) in [5.41, 5.74) is 0.827. The largest absolute Gasteiger partial charge is 0.471 e. The topological polar surface area (TPSA) is 77.2 Å². The molecule has 2 atom stereocenters. The van der Waals surface area contributed by atoms with Crippen molar-refractivity contribution in [3.05, 3.63) is 35.7 Å². The lowest BCUT2D eigenvalue weighted by Crippen LogP contribution is -2.67. The van der Waals surface area contributed by atoms with Crippen LogP contribution in [0.2, 0.25) is 0 Å². The van der Waals surface area contributed by atoms with Crippen LogP contribution < -0.4 is 5.32 Å². The highest BCUT2D eigenvalue weighted by Crippen LogP contribution is 2.57. The molecule has 0 aliphatic heterocycles. The Balaban J connectivity index is 1.42. The number of nitrogens with zero attached hydrogens (tertiary/aromatic N) is 2. The van der Waals surface area contributed by atoms with Gasteiger partial charge in [0, 0.05) is 29.2 Å². The van der Waals surface area contributed by atoms with Crippen LogP contribution in [0.4, 0.5) is 13.2 Å². The lowest BCUT2D eigenvalue weighted by Gasteiger charge is -2.61. The molecule has 1 aromatic heterocycles. The van der Waals surface area contributed by atoms with Crippen LogP contribution in [-0.2, 0) is 10.9 Å². The predicted octanol–water partition coefficient (Wildman–Crippen LogP) is 3.83. The predicted molar refractivity (Wildman–Crippen MR) is 92.3 cm³/mol. The van der Waals surface area contributed by atoms with Crippen molar-refractivity contribution in [2.24, 2.45) is 5.41 Å². The van der Waals surface area contributed by atoms with Crippen LogP contribution in [0.3, 0.4) is 0 Å². The first-order valence-electron chi connectivity index (χ1n) is 9.27. The third-order valence-corrected chi connectivity index (χ3v) is 5.82. The monoisotopic (exact) mass is 395 g/mol. The summed E-state index contributed by atoms with van der Waals surface area (Å²) in [4.78, 5) is 15.9. The number of hydrogen-bond acceptors (Lipinski definition) is 5. The smallest absolute Gasteiger partial charge is 0.378 e. The lowest BCUT2D eigenvalue weighted by atomic mass is 9.51. The first-order chi connectivity index (χ1) is 13.3. The standard InChI is InChI=1S/C19H20F3N3O3/c1-2-27-14-10-13(18(14)8-3-9-18)23-16(26)12-6-4-11(5-7-12)15-24-17(28-25-15)19(20,21)22/h4-7,13-14H,2-3,8-10H2,1H3,(H,23,26)/t13-,14+/m0/s1. The average molecular weight is 395 g/mol. The molecule has 9 heteroatoms. The Morgan fingerprint density at radius 2 is 2.04 bits per heavy atom. The molecule has 1 N–H and O–H groups in total. The van der Waals surface area contributed by atoms with Gasteiger partial charge in [-0.05, 0) is 38.3 Å². The fourth-order valence-corrected chi connectivity index (χ4v) is 4.11. The minimum atomic E-state index is -4.69. The summed E-state index contributed by atoms with van der Waals surface area (Å²) in [7, 11) is 0. The highest BCUT2D eigenvalue weighted by molar-refractivity contribution is 5.95. The maximum atomic E-state index is 12.6. The molecule has 1 spiro atoms. The van der Waals surface area contributed by atoms with E-state index in [0.717, 1.165) is 25.7 Å². The molecule has 150 valence electrons. The number of ether oxygens (including phenoxy) is 1. The van der Waals surface area contributed by atoms with E-state index < -0.39 is 12.1 Å². The SMILES string of the molecule is CCO[C@@H]1C[C@H](NC(=O)c2ccc(-c3noc(C(F)(F)F)n3)cc2)C12CCC2. The van der Waals surface area contributed by atoms with E-state index in [0.29, 0.717) is 17.7 Å². The number of aromatic nitrogens is 2. The Labute approximate surface area is 159 Å². The van der Waals surface area contributed by atoms with Gasteiger partial charge in [-0.3, -0.25) is 4.79 Å². The number of nitrogens with one attached hydrogen (secondary N) is 1. The molecule has 1 aromatic carbocycles. The molecule has 6 nitrogen and oxygen atoms in total. The molecule has 2 saturated carbocycles. The van der Waals surface area contributed by atoms with Crippen molar-refractivity contribution in [2.75, 3.05) is 6.61 Å². The second-order valence-corrected chi connectivity index (χ2v) is 7.29. The summed E-state index contributed by atoms with van der Waals surface area (Å²) < 4.78 is 47.7. The molecule has 4 rings (SSSR count). The quantitative estimate of drug-likeness (QED) is 0.833. The minimum absolute atomic E-state index is 0.0598. The van der Waals surface area contributed by atoms with Crippen molar-refractivity contribution in [2.45, 2.75) is 50.9 Å². The van der Waals surface area contributed by atoms with Gasteiger partial charge in [-0.15, -0.1) is 0 Å². The van der Waals surface area contributed by atoms with E-state index in [1.807, 2.05) is 6.92 Å². The summed E-state index contributed by atoms with van der Waals surface area (Å²) in [5.74, 6) is -1.78. The molecule has 1 amide bonds. The molecule has 1 heterocycles. The zero-order chi connectivity index (χ0) is 19.9. The van der Waals surface area contributed by atoms with E-state index in [1.54, 1.807) is 12.1 Å². The van der Waals surface area contributed by atoms with Crippen LogP contribution in [0.5, 0.6) is 0 Å². The Morgan fingerprint density at radius 1 is 1.32 bits per heavy atom. The molecule has 2 aliphatic carbocycles. The molecule has 0 saturated heterocycles. The molecule has 2 aliphatic rings. The maximum Gasteiger partial charge on any atom is 0.471 e. The second-order valence-electron chi connectivity index (χ2n) is 7.29. The van der Waals surface area contributed by atoms with E-state index in [-0.39, 0.29) is 29.3 Å². The Kier molecular flexibility index (Phi) is 4.65. The normalized spacial score (nSPS) is 23.1. The van der Waals surface area contributed by atoms with Crippen LogP contribution in [0, 0.1) is 5.41 Å². The van der Waals surface area contributed by atoms with Gasteiger partial charge < -0.3 is 14.6 Å². The third kappa shape index (κ3) is 3.17. The van der Waals surface area contributed by atoms with Crippen molar-refractivity contribution in [1.29, 1.82) is 0 Å². The summed E-state index contributed by atoms with van der Waals surface area (Å²) in [6.07, 6.45) is -0.414. The molecule has 0 radical (unpaired) electrons. The maximum absolute atomic E-state index is 12.6. The number of carbonyl (C=O) groups excluding carboxylic acids is 1. The molecule has 0 bridgehead atoms. The highest BCUT2D eigenvalue weighted by Gasteiger charge is 2.59.